The molecule has 12 aromatic rings. The van der Waals surface area contributed by atoms with Gasteiger partial charge in [-0.3, -0.25) is 39.5 Å². The second-order valence-corrected chi connectivity index (χ2v) is 31.0. The number of nitrogens with two attached hydrogens (primary N) is 4. The number of carbonyl (C=O) groups excluding carboxylic acids is 2. The molecule has 9 heterocycles. The average molecular weight is 1540 g/mol. The third-order valence-corrected chi connectivity index (χ3v) is 19.6. The first-order chi connectivity index (χ1) is 48.7. The number of aryl methyl sites for hydroxylation is 3. The summed E-state index contributed by atoms with van der Waals surface area (Å²) in [6.07, 6.45) is 13.1. The van der Waals surface area contributed by atoms with E-state index >= 15 is 0 Å². The topological polar surface area (TPSA) is 418 Å². The van der Waals surface area contributed by atoms with Crippen LogP contribution < -0.4 is 33.6 Å². The van der Waals surface area contributed by atoms with Gasteiger partial charge in [0.15, 0.2) is 29.5 Å². The molecular formula is C72H69Cl4N15O10S3. The molecule has 11 N–H and O–H groups in total. The number of anilines is 3. The lowest BCUT2D eigenvalue weighted by Crippen LogP contribution is -2.23. The van der Waals surface area contributed by atoms with E-state index in [1.807, 2.05) is 51.1 Å². The number of benzene rings is 3. The van der Waals surface area contributed by atoms with Gasteiger partial charge in [-0.05, 0) is 163 Å². The van der Waals surface area contributed by atoms with E-state index < -0.39 is 35.5 Å². The number of hydrogen-bond acceptors (Lipinski definition) is 22. The molecule has 0 saturated carbocycles. The Hall–Kier alpha value is -10.4. The van der Waals surface area contributed by atoms with E-state index in [9.17, 15) is 39.6 Å². The lowest BCUT2D eigenvalue weighted by Gasteiger charge is -2.10. The van der Waals surface area contributed by atoms with Gasteiger partial charge in [0.1, 0.15) is 17.5 Å². The minimum atomic E-state index is -3.52. The maximum absolute atomic E-state index is 12.7. The Morgan fingerprint density at radius 3 is 1.01 bits per heavy atom. The largest absolute Gasteiger partial charge is 0.478 e. The Morgan fingerprint density at radius 2 is 0.721 bits per heavy atom. The lowest BCUT2D eigenvalue weighted by molar-refractivity contribution is 0.0695. The predicted molar refractivity (Wildman–Crippen MR) is 405 cm³/mol. The lowest BCUT2D eigenvalue weighted by atomic mass is 10.0. The van der Waals surface area contributed by atoms with Crippen molar-refractivity contribution in [1.29, 1.82) is 0 Å². The van der Waals surface area contributed by atoms with Crippen molar-refractivity contribution in [2.45, 2.75) is 74.4 Å². The van der Waals surface area contributed by atoms with Crippen molar-refractivity contribution in [1.82, 2.24) is 55.5 Å². The number of fused-ring (bicyclic) bond motifs is 3. The van der Waals surface area contributed by atoms with Crippen molar-refractivity contribution in [3.8, 4) is 0 Å². The molecule has 0 bridgehead atoms. The number of sulfone groups is 3. The number of amides is 2. The average Bonchev–Trinajstić information content (AvgIpc) is 0.789. The summed E-state index contributed by atoms with van der Waals surface area (Å²) in [4.78, 5) is 74.7. The predicted octanol–water partition coefficient (Wildman–Crippen LogP) is 10.8. The number of aromatic nitrogens is 9. The van der Waals surface area contributed by atoms with Gasteiger partial charge < -0.3 is 38.7 Å². The van der Waals surface area contributed by atoms with Gasteiger partial charge in [0, 0.05) is 156 Å². The van der Waals surface area contributed by atoms with Crippen LogP contribution in [-0.4, -0.2) is 112 Å². The molecule has 3 aromatic carbocycles. The van der Waals surface area contributed by atoms with E-state index in [1.165, 1.54) is 43.0 Å². The quantitative estimate of drug-likeness (QED) is 0.0445. The molecule has 0 aliphatic carbocycles. The van der Waals surface area contributed by atoms with Crippen LogP contribution >= 0.6 is 47.2 Å². The maximum atomic E-state index is 12.7. The minimum absolute atomic E-state index is 0. The zero-order valence-corrected chi connectivity index (χ0v) is 62.1. The second-order valence-electron chi connectivity index (χ2n) is 23.7. The fourth-order valence-electron chi connectivity index (χ4n) is 10.6. The first kappa shape index (κ1) is 79.3. The van der Waals surface area contributed by atoms with Crippen molar-refractivity contribution in [2.24, 2.45) is 5.73 Å². The zero-order chi connectivity index (χ0) is 74.7. The Balaban J connectivity index is 0.000000186. The molecule has 0 spiro atoms. The Bertz CT molecular complexity index is 5420. The van der Waals surface area contributed by atoms with Gasteiger partial charge >= 0.3 is 5.97 Å². The van der Waals surface area contributed by atoms with E-state index in [2.05, 4.69) is 55.5 Å². The first-order valence-electron chi connectivity index (χ1n) is 31.0. The van der Waals surface area contributed by atoms with Gasteiger partial charge in [0.2, 0.25) is 0 Å². The van der Waals surface area contributed by atoms with Crippen LogP contribution in [0.3, 0.4) is 0 Å². The van der Waals surface area contributed by atoms with Gasteiger partial charge in [0.05, 0.1) is 51.9 Å². The van der Waals surface area contributed by atoms with Crippen molar-refractivity contribution in [3.63, 3.8) is 0 Å². The number of halogens is 4. The van der Waals surface area contributed by atoms with Crippen LogP contribution in [0.1, 0.15) is 98.6 Å². The van der Waals surface area contributed by atoms with Crippen molar-refractivity contribution in [3.05, 3.63) is 264 Å². The first-order valence-corrected chi connectivity index (χ1v) is 37.8. The van der Waals surface area contributed by atoms with Crippen LogP contribution in [-0.2, 0) is 68.4 Å². The molecule has 0 fully saturated rings. The third-order valence-electron chi connectivity index (χ3n) is 15.6. The van der Waals surface area contributed by atoms with Gasteiger partial charge in [-0.2, -0.15) is 0 Å². The summed E-state index contributed by atoms with van der Waals surface area (Å²) in [7, 11) is -10.5. The van der Waals surface area contributed by atoms with Crippen LogP contribution in [0.15, 0.2) is 179 Å². The summed E-state index contributed by atoms with van der Waals surface area (Å²) >= 11 is 18.1. The molecule has 9 aromatic heterocycles. The third kappa shape index (κ3) is 21.3. The summed E-state index contributed by atoms with van der Waals surface area (Å²) in [6, 6.07) is 35.3. The molecule has 0 radical (unpaired) electrons. The fourth-order valence-corrected chi connectivity index (χ4v) is 13.8. The number of aromatic carboxylic acids is 1. The number of carboxylic acid groups (broad SMARTS) is 1. The molecule has 0 atom stereocenters. The minimum Gasteiger partial charge on any atom is -0.478 e. The SMILES string of the molecule is CS(=O)(=O)c1cc(Cc2cc(C(=O)O)ccn2)cc2cc(Cl)cnc12.Cc1nc(N)ccc1CN.Cc1nc(N)ccc1CNC(=O)c1ccnc(Cc2cc(S(C)(=O)=O)c3ncc(Cl)cc3c2)c1.Cc1nc(N)ccc1CNC(=O)c1ccnc(Cc2cc(S(C)(=O)=O)c3ncc(Cl)cc3c2)c1.Cl. The summed E-state index contributed by atoms with van der Waals surface area (Å²) < 4.78 is 73.7. The number of nitrogens with one attached hydrogen (secondary N) is 2. The van der Waals surface area contributed by atoms with Gasteiger partial charge in [-0.25, -0.2) is 45.0 Å². The van der Waals surface area contributed by atoms with Gasteiger partial charge in [-0.15, -0.1) is 12.4 Å². The number of nitrogens with zero attached hydrogens (tertiary/aromatic N) is 9. The van der Waals surface area contributed by atoms with Crippen molar-refractivity contribution in [2.75, 3.05) is 36.0 Å². The summed E-state index contributed by atoms with van der Waals surface area (Å²) in [6.45, 7) is 6.72. The van der Waals surface area contributed by atoms with Crippen LogP contribution in [0.25, 0.3) is 32.7 Å². The van der Waals surface area contributed by atoms with Crippen LogP contribution in [0.2, 0.25) is 15.1 Å². The van der Waals surface area contributed by atoms with E-state index in [4.69, 9.17) is 62.8 Å². The zero-order valence-electron chi connectivity index (χ0n) is 56.6. The van der Waals surface area contributed by atoms with Gasteiger partial charge in [0.25, 0.3) is 11.8 Å². The molecular weight excluding hydrogens is 1470 g/mol. The molecule has 104 heavy (non-hydrogen) atoms. The van der Waals surface area contributed by atoms with E-state index in [0.29, 0.717) is 143 Å². The summed E-state index contributed by atoms with van der Waals surface area (Å²) in [5.41, 5.74) is 33.4. The van der Waals surface area contributed by atoms with Crippen molar-refractivity contribution >= 4 is 145 Å². The van der Waals surface area contributed by atoms with Crippen LogP contribution in [0, 0.1) is 20.8 Å². The molecule has 0 aliphatic heterocycles. The highest BCUT2D eigenvalue weighted by atomic mass is 35.5. The number of carbonyl (C=O) groups is 3. The van der Waals surface area contributed by atoms with Gasteiger partial charge in [-0.1, -0.05) is 53.0 Å². The number of rotatable bonds is 17. The summed E-state index contributed by atoms with van der Waals surface area (Å²) in [5.74, 6) is -0.156. The number of hydrogen-bond donors (Lipinski definition) is 7. The molecule has 0 saturated heterocycles. The Labute approximate surface area is 620 Å². The molecule has 12 rings (SSSR count). The van der Waals surface area contributed by atoms with E-state index in [1.54, 1.807) is 91.3 Å². The highest BCUT2D eigenvalue weighted by molar-refractivity contribution is 7.91. The maximum Gasteiger partial charge on any atom is 0.335 e. The standard InChI is InChI=1S/2C24H22ClN5O3S.C17H13ClN2O4S.C7H11N3.ClH/c2*1-14-17(3-4-22(26)30-14)12-29-24(31)16-5-6-27-20(11-16)8-15-7-18-10-19(25)13-28-23(18)21(9-15)34(2,32)33;1-25(23,24)15-6-10(4-12-7-13(18)9-20-16(12)15)5-14-8-11(17(21)22)2-3-19-14;1-5-6(4-8)2-3-7(9)10-5;/h2*3-7,9-11,13H,8,12H2,1-2H3,(H2,26,30)(H,29,31);2-4,6-9H,5H2,1H3,(H,21,22);2-3H,4,8H2,1H3,(H2,9,10);1H. The molecule has 538 valence electrons. The summed E-state index contributed by atoms with van der Waals surface area (Å²) in [5, 5.41) is 17.9. The Morgan fingerprint density at radius 1 is 0.423 bits per heavy atom. The number of pyridine rings is 9. The normalized spacial score (nSPS) is 11.2. The molecule has 32 heteroatoms. The number of nitrogen functional groups attached to an aromatic ring is 3. The highest BCUT2D eigenvalue weighted by Crippen LogP contribution is 2.31. The molecule has 2 amide bonds. The number of carboxylic acids is 1. The second kappa shape index (κ2) is 34.2. The monoisotopic (exact) mass is 1540 g/mol. The van der Waals surface area contributed by atoms with Crippen molar-refractivity contribution < 1.29 is 44.7 Å². The fraction of sp³-hybridized carbons (Fsp3) is 0.167. The molecule has 0 aliphatic rings. The Kier molecular flexibility index (Phi) is 26.1. The molecule has 0 unspecified atom stereocenters. The van der Waals surface area contributed by atoms with Crippen LogP contribution in [0.5, 0.6) is 0 Å². The highest BCUT2D eigenvalue weighted by Gasteiger charge is 2.21. The smallest absolute Gasteiger partial charge is 0.335 e. The molecule has 25 nitrogen and oxygen atoms in total. The van der Waals surface area contributed by atoms with E-state index in [-0.39, 0.29) is 50.9 Å². The van der Waals surface area contributed by atoms with E-state index in [0.717, 1.165) is 52.5 Å². The van der Waals surface area contributed by atoms with Crippen LogP contribution in [0.4, 0.5) is 17.5 Å².